The van der Waals surface area contributed by atoms with Crippen molar-refractivity contribution in [2.75, 3.05) is 0 Å². The highest BCUT2D eigenvalue weighted by Gasteiger charge is 2.15. The molecule has 0 amide bonds. The summed E-state index contributed by atoms with van der Waals surface area (Å²) in [7, 11) is 0. The molecule has 1 aromatic heterocycles. The van der Waals surface area contributed by atoms with Gasteiger partial charge in [-0.1, -0.05) is 53.7 Å². The van der Waals surface area contributed by atoms with Gasteiger partial charge in [-0.2, -0.15) is 0 Å². The molecule has 0 bridgehead atoms. The average molecular weight is 287 g/mol. The Bertz CT molecular complexity index is 636. The molecule has 4 heteroatoms. The van der Waals surface area contributed by atoms with Crippen molar-refractivity contribution < 1.29 is 0 Å². The second-order valence-electron chi connectivity index (χ2n) is 4.02. The fourth-order valence-corrected chi connectivity index (χ4v) is 2.84. The summed E-state index contributed by atoms with van der Waals surface area (Å²) in [5.74, 6) is 0. The van der Waals surface area contributed by atoms with Crippen LogP contribution in [0.15, 0.2) is 64.6 Å². The summed E-state index contributed by atoms with van der Waals surface area (Å²) in [5, 5.41) is 5.43. The summed E-state index contributed by atoms with van der Waals surface area (Å²) in [6, 6.07) is 14.1. The summed E-state index contributed by atoms with van der Waals surface area (Å²) in [4.78, 5) is 4.03. The summed E-state index contributed by atoms with van der Waals surface area (Å²) in [5.41, 5.74) is 4.16. The second-order valence-corrected chi connectivity index (χ2v) is 5.51. The lowest BCUT2D eigenvalue weighted by Gasteiger charge is -2.20. The first kappa shape index (κ1) is 12.3. The predicted octanol–water partition coefficient (Wildman–Crippen LogP) is 4.28. The van der Waals surface area contributed by atoms with Crippen LogP contribution in [-0.2, 0) is 0 Å². The fraction of sp³-hybridized carbons (Fsp3) is 0. The van der Waals surface area contributed by atoms with Crippen LogP contribution in [0.4, 0.5) is 0 Å². The van der Waals surface area contributed by atoms with E-state index in [0.717, 1.165) is 26.9 Å². The molecule has 0 atom stereocenters. The lowest BCUT2D eigenvalue weighted by molar-refractivity contribution is 1.22. The van der Waals surface area contributed by atoms with E-state index in [2.05, 4.69) is 22.4 Å². The van der Waals surface area contributed by atoms with Crippen molar-refractivity contribution >= 4 is 34.8 Å². The number of pyridine rings is 1. The molecule has 2 nitrogen and oxygen atoms in total. The third-order valence-electron chi connectivity index (χ3n) is 2.79. The summed E-state index contributed by atoms with van der Waals surface area (Å²) < 4.78 is 0.742. The molecule has 19 heavy (non-hydrogen) atoms. The van der Waals surface area contributed by atoms with Gasteiger partial charge >= 0.3 is 0 Å². The van der Waals surface area contributed by atoms with Crippen molar-refractivity contribution in [3.63, 3.8) is 0 Å². The maximum atomic E-state index is 6.29. The van der Waals surface area contributed by atoms with Crippen LogP contribution in [-0.4, -0.2) is 4.98 Å². The van der Waals surface area contributed by atoms with E-state index < -0.39 is 0 Å². The van der Waals surface area contributed by atoms with Gasteiger partial charge in [0.2, 0.25) is 0 Å². The molecule has 0 unspecified atom stereocenters. The molecule has 1 aliphatic rings. The molecule has 2 heterocycles. The van der Waals surface area contributed by atoms with Crippen LogP contribution in [0.5, 0.6) is 0 Å². The van der Waals surface area contributed by atoms with E-state index in [1.54, 1.807) is 12.4 Å². The van der Waals surface area contributed by atoms with E-state index in [-0.39, 0.29) is 0 Å². The van der Waals surface area contributed by atoms with E-state index in [0.29, 0.717) is 0 Å². The average Bonchev–Trinajstić information content (AvgIpc) is 2.49. The van der Waals surface area contributed by atoms with Crippen LogP contribution < -0.4 is 5.32 Å². The van der Waals surface area contributed by atoms with Gasteiger partial charge < -0.3 is 5.32 Å². The zero-order chi connectivity index (χ0) is 13.1. The number of rotatable bonds is 2. The SMILES string of the molecule is ClC1=C(c2ccncc2)NC(c2ccccc2)=CS1. The van der Waals surface area contributed by atoms with Crippen LogP contribution >= 0.6 is 23.4 Å². The highest BCUT2D eigenvalue weighted by atomic mass is 35.5. The Kier molecular flexibility index (Phi) is 3.58. The Morgan fingerprint density at radius 2 is 1.68 bits per heavy atom. The summed E-state index contributed by atoms with van der Waals surface area (Å²) in [6.45, 7) is 0. The maximum Gasteiger partial charge on any atom is 0.102 e. The van der Waals surface area contributed by atoms with Gasteiger partial charge in [-0.3, -0.25) is 4.98 Å². The first-order chi connectivity index (χ1) is 9.34. The lowest BCUT2D eigenvalue weighted by atomic mass is 10.1. The highest BCUT2D eigenvalue weighted by Crippen LogP contribution is 2.36. The van der Waals surface area contributed by atoms with Crippen LogP contribution in [0.3, 0.4) is 0 Å². The van der Waals surface area contributed by atoms with Crippen molar-refractivity contribution in [1.29, 1.82) is 0 Å². The molecular formula is C15H11ClN2S. The van der Waals surface area contributed by atoms with Gasteiger partial charge in [0.15, 0.2) is 0 Å². The first-order valence-electron chi connectivity index (χ1n) is 5.84. The quantitative estimate of drug-likeness (QED) is 0.892. The van der Waals surface area contributed by atoms with Crippen LogP contribution in [0.1, 0.15) is 11.1 Å². The van der Waals surface area contributed by atoms with Crippen molar-refractivity contribution in [3.05, 3.63) is 75.8 Å². The molecule has 94 valence electrons. The number of nitrogens with zero attached hydrogens (tertiary/aromatic N) is 1. The standard InChI is InChI=1S/C15H11ClN2S/c16-15-14(12-6-8-17-9-7-12)18-13(10-19-15)11-4-2-1-3-5-11/h1-10,18H. The Morgan fingerprint density at radius 3 is 2.42 bits per heavy atom. The minimum Gasteiger partial charge on any atom is -0.352 e. The Balaban J connectivity index is 1.92. The number of hydrogen-bond donors (Lipinski definition) is 1. The highest BCUT2D eigenvalue weighted by molar-refractivity contribution is 8.07. The van der Waals surface area contributed by atoms with Gasteiger partial charge in [0.1, 0.15) is 4.36 Å². The van der Waals surface area contributed by atoms with E-state index in [4.69, 9.17) is 11.6 Å². The zero-order valence-electron chi connectivity index (χ0n) is 10.0. The molecule has 3 rings (SSSR count). The fourth-order valence-electron chi connectivity index (χ4n) is 1.85. The van der Waals surface area contributed by atoms with Crippen LogP contribution in [0, 0.1) is 0 Å². The number of halogens is 1. The van der Waals surface area contributed by atoms with Crippen molar-refractivity contribution in [2.24, 2.45) is 0 Å². The molecule has 0 saturated carbocycles. The monoisotopic (exact) mass is 286 g/mol. The Labute approximate surface area is 121 Å². The number of benzene rings is 1. The Morgan fingerprint density at radius 1 is 0.947 bits per heavy atom. The van der Waals surface area contributed by atoms with Gasteiger partial charge in [-0.05, 0) is 17.7 Å². The number of aromatic nitrogens is 1. The Hall–Kier alpha value is -1.71. The third kappa shape index (κ3) is 2.67. The van der Waals surface area contributed by atoms with Crippen LogP contribution in [0.25, 0.3) is 11.4 Å². The minimum atomic E-state index is 0.742. The van der Waals surface area contributed by atoms with Crippen LogP contribution in [0.2, 0.25) is 0 Å². The lowest BCUT2D eigenvalue weighted by Crippen LogP contribution is -2.14. The van der Waals surface area contributed by atoms with E-state index >= 15 is 0 Å². The number of hydrogen-bond acceptors (Lipinski definition) is 3. The van der Waals surface area contributed by atoms with Crippen molar-refractivity contribution in [2.45, 2.75) is 0 Å². The molecule has 1 aliphatic heterocycles. The number of thioether (sulfide) groups is 1. The second kappa shape index (κ2) is 5.51. The maximum absolute atomic E-state index is 6.29. The van der Waals surface area contributed by atoms with Gasteiger partial charge in [0.05, 0.1) is 11.4 Å². The van der Waals surface area contributed by atoms with E-state index in [9.17, 15) is 0 Å². The predicted molar refractivity (Wildman–Crippen MR) is 82.2 cm³/mol. The molecule has 0 fully saturated rings. The topological polar surface area (TPSA) is 24.9 Å². The van der Waals surface area contributed by atoms with Gasteiger partial charge in [0.25, 0.3) is 0 Å². The van der Waals surface area contributed by atoms with Gasteiger partial charge in [0, 0.05) is 23.4 Å². The molecule has 0 spiro atoms. The number of nitrogens with one attached hydrogen (secondary N) is 1. The van der Waals surface area contributed by atoms with E-state index in [1.165, 1.54) is 11.8 Å². The third-order valence-corrected chi connectivity index (χ3v) is 4.01. The smallest absolute Gasteiger partial charge is 0.102 e. The molecular weight excluding hydrogens is 276 g/mol. The first-order valence-corrected chi connectivity index (χ1v) is 7.10. The minimum absolute atomic E-state index is 0.742. The molecule has 2 aromatic rings. The normalized spacial score (nSPS) is 14.9. The molecule has 0 radical (unpaired) electrons. The molecule has 1 N–H and O–H groups in total. The van der Waals surface area contributed by atoms with Gasteiger partial charge in [-0.25, -0.2) is 0 Å². The zero-order valence-corrected chi connectivity index (χ0v) is 11.6. The molecule has 0 aliphatic carbocycles. The largest absolute Gasteiger partial charge is 0.352 e. The molecule has 1 aromatic carbocycles. The van der Waals surface area contributed by atoms with Gasteiger partial charge in [-0.15, -0.1) is 0 Å². The van der Waals surface area contributed by atoms with E-state index in [1.807, 2.05) is 35.7 Å². The van der Waals surface area contributed by atoms with Crippen molar-refractivity contribution in [3.8, 4) is 0 Å². The summed E-state index contributed by atoms with van der Waals surface area (Å²) in [6.07, 6.45) is 3.53. The van der Waals surface area contributed by atoms with Crippen molar-refractivity contribution in [1.82, 2.24) is 10.3 Å². The summed E-state index contributed by atoms with van der Waals surface area (Å²) >= 11 is 7.81. The molecule has 0 saturated heterocycles.